The van der Waals surface area contributed by atoms with E-state index in [4.69, 9.17) is 9.47 Å². The molecule has 2 fully saturated rings. The number of Topliss-reactive ketones (excluding diaryl/α,β-unsaturated/α-hetero) is 1. The van der Waals surface area contributed by atoms with E-state index in [1.165, 1.54) is 36.3 Å². The molecule has 2 aromatic rings. The first-order chi connectivity index (χ1) is 17.0. The zero-order valence-corrected chi connectivity index (χ0v) is 20.6. The van der Waals surface area contributed by atoms with E-state index < -0.39 is 12.6 Å². The molecule has 7 nitrogen and oxygen atoms in total. The minimum absolute atomic E-state index is 0.193. The first-order valence-corrected chi connectivity index (χ1v) is 13.0. The Kier molecular flexibility index (Phi) is 8.23. The Morgan fingerprint density at radius 1 is 0.943 bits per heavy atom. The summed E-state index contributed by atoms with van der Waals surface area (Å²) in [5, 5.41) is 0.0942. The topological polar surface area (TPSA) is 90.0 Å². The minimum atomic E-state index is -0.652. The van der Waals surface area contributed by atoms with Gasteiger partial charge in [-0.05, 0) is 68.3 Å². The van der Waals surface area contributed by atoms with Crippen molar-refractivity contribution in [1.29, 1.82) is 0 Å². The van der Waals surface area contributed by atoms with Gasteiger partial charge in [0.15, 0.2) is 12.4 Å². The normalized spacial score (nSPS) is 18.5. The zero-order chi connectivity index (χ0) is 24.8. The minimum Gasteiger partial charge on any atom is -0.494 e. The summed E-state index contributed by atoms with van der Waals surface area (Å²) in [7, 11) is 0. The van der Waals surface area contributed by atoms with Crippen LogP contribution in [0.15, 0.2) is 48.5 Å². The van der Waals surface area contributed by atoms with Gasteiger partial charge in [0.1, 0.15) is 5.75 Å². The summed E-state index contributed by atoms with van der Waals surface area (Å²) in [6.07, 6.45) is 6.00. The molecule has 1 heterocycles. The monoisotopic (exact) mass is 495 g/mol. The molecule has 1 unspecified atom stereocenters. The van der Waals surface area contributed by atoms with Crippen LogP contribution in [0.2, 0.25) is 0 Å². The van der Waals surface area contributed by atoms with Crippen molar-refractivity contribution in [3.05, 3.63) is 59.7 Å². The second-order valence-electron chi connectivity index (χ2n) is 8.66. The summed E-state index contributed by atoms with van der Waals surface area (Å²) in [5.74, 6) is -0.732. The first-order valence-electron chi connectivity index (χ1n) is 12.0. The van der Waals surface area contributed by atoms with Crippen molar-refractivity contribution in [3.8, 4) is 5.75 Å². The van der Waals surface area contributed by atoms with Crippen molar-refractivity contribution in [1.82, 2.24) is 0 Å². The number of esters is 1. The molecule has 0 N–H and O–H groups in total. The van der Waals surface area contributed by atoms with E-state index in [-0.39, 0.29) is 34.8 Å². The maximum atomic E-state index is 12.9. The third-order valence-corrected chi connectivity index (χ3v) is 7.75. The molecule has 184 valence electrons. The van der Waals surface area contributed by atoms with Crippen LogP contribution in [-0.2, 0) is 14.3 Å². The molecule has 4 rings (SSSR count). The Hall–Kier alpha value is -3.13. The Morgan fingerprint density at radius 2 is 1.60 bits per heavy atom. The van der Waals surface area contributed by atoms with Crippen molar-refractivity contribution < 1.29 is 28.7 Å². The Bertz CT molecular complexity index is 1080. The Labute approximate surface area is 209 Å². The summed E-state index contributed by atoms with van der Waals surface area (Å²) in [6.45, 7) is 2.02. The van der Waals surface area contributed by atoms with E-state index >= 15 is 0 Å². The predicted octanol–water partition coefficient (Wildman–Crippen LogP) is 4.82. The largest absolute Gasteiger partial charge is 0.494 e. The van der Waals surface area contributed by atoms with Gasteiger partial charge in [-0.15, -0.1) is 11.8 Å². The molecule has 1 aliphatic heterocycles. The van der Waals surface area contributed by atoms with Gasteiger partial charge in [-0.1, -0.05) is 19.3 Å². The number of carbonyl (C=O) groups excluding carboxylic acids is 4. The molecule has 0 spiro atoms. The molecular weight excluding hydrogens is 466 g/mol. The van der Waals surface area contributed by atoms with Gasteiger partial charge in [0.05, 0.1) is 23.1 Å². The van der Waals surface area contributed by atoms with E-state index in [1.54, 1.807) is 48.2 Å². The lowest BCUT2D eigenvalue weighted by atomic mass is 10.0. The number of benzene rings is 2. The fourth-order valence-electron chi connectivity index (χ4n) is 4.36. The Morgan fingerprint density at radius 3 is 2.26 bits per heavy atom. The molecule has 0 bridgehead atoms. The summed E-state index contributed by atoms with van der Waals surface area (Å²) >= 11 is 1.63. The predicted molar refractivity (Wildman–Crippen MR) is 134 cm³/mol. The van der Waals surface area contributed by atoms with Gasteiger partial charge in [-0.3, -0.25) is 14.4 Å². The summed E-state index contributed by atoms with van der Waals surface area (Å²) in [5.41, 5.74) is 1.09. The van der Waals surface area contributed by atoms with Gasteiger partial charge in [0, 0.05) is 17.2 Å². The number of anilines is 1. The third kappa shape index (κ3) is 6.11. The fourth-order valence-corrected chi connectivity index (χ4v) is 5.89. The second-order valence-corrected chi connectivity index (χ2v) is 10.2. The van der Waals surface area contributed by atoms with Crippen LogP contribution in [0.5, 0.6) is 5.75 Å². The summed E-state index contributed by atoms with van der Waals surface area (Å²) in [6, 6.07) is 12.8. The quantitative estimate of drug-likeness (QED) is 0.280. The molecule has 0 aromatic heterocycles. The molecule has 8 heteroatoms. The van der Waals surface area contributed by atoms with Gasteiger partial charge >= 0.3 is 5.97 Å². The highest BCUT2D eigenvalue weighted by Crippen LogP contribution is 2.37. The van der Waals surface area contributed by atoms with Crippen molar-refractivity contribution in [2.75, 3.05) is 18.1 Å². The number of ether oxygens (including phenoxy) is 2. The summed E-state index contributed by atoms with van der Waals surface area (Å²) < 4.78 is 10.5. The SMILES string of the molecule is CCOc1ccc(C(=O)COC(=O)c2ccc(N3C(=O)CC(SC4CCCCC4)C3=O)cc2)cc1. The number of amides is 2. The van der Waals surface area contributed by atoms with E-state index in [1.807, 2.05) is 6.92 Å². The lowest BCUT2D eigenvalue weighted by Gasteiger charge is -2.23. The molecule has 1 atom stereocenters. The lowest BCUT2D eigenvalue weighted by molar-refractivity contribution is -0.121. The highest BCUT2D eigenvalue weighted by atomic mass is 32.2. The van der Waals surface area contributed by atoms with Crippen LogP contribution < -0.4 is 9.64 Å². The maximum Gasteiger partial charge on any atom is 0.338 e. The highest BCUT2D eigenvalue weighted by molar-refractivity contribution is 8.01. The van der Waals surface area contributed by atoms with Crippen LogP contribution >= 0.6 is 11.8 Å². The molecule has 0 radical (unpaired) electrons. The average molecular weight is 496 g/mol. The van der Waals surface area contributed by atoms with E-state index in [0.29, 0.717) is 28.9 Å². The molecule has 2 aromatic carbocycles. The van der Waals surface area contributed by atoms with E-state index in [0.717, 1.165) is 12.8 Å². The van der Waals surface area contributed by atoms with Gasteiger partial charge in [-0.25, -0.2) is 9.69 Å². The number of hydrogen-bond acceptors (Lipinski definition) is 7. The smallest absolute Gasteiger partial charge is 0.338 e. The van der Waals surface area contributed by atoms with Crippen molar-refractivity contribution in [2.24, 2.45) is 0 Å². The molecule has 2 aliphatic rings. The van der Waals surface area contributed by atoms with Crippen molar-refractivity contribution in [3.63, 3.8) is 0 Å². The van der Waals surface area contributed by atoms with Crippen molar-refractivity contribution >= 4 is 41.0 Å². The van der Waals surface area contributed by atoms with Crippen LogP contribution in [-0.4, -0.2) is 47.3 Å². The van der Waals surface area contributed by atoms with Gasteiger partial charge in [-0.2, -0.15) is 0 Å². The van der Waals surface area contributed by atoms with Gasteiger partial charge < -0.3 is 9.47 Å². The van der Waals surface area contributed by atoms with Crippen LogP contribution in [0.1, 0.15) is 66.2 Å². The van der Waals surface area contributed by atoms with E-state index in [9.17, 15) is 19.2 Å². The first kappa shape index (κ1) is 25.0. The van der Waals surface area contributed by atoms with Crippen LogP contribution in [0.3, 0.4) is 0 Å². The Balaban J connectivity index is 1.32. The molecule has 35 heavy (non-hydrogen) atoms. The number of rotatable bonds is 9. The van der Waals surface area contributed by atoms with Gasteiger partial charge in [0.2, 0.25) is 11.8 Å². The maximum absolute atomic E-state index is 12.9. The standard InChI is InChI=1S/C27H29NO6S/c1-2-33-21-14-10-18(11-15-21)23(29)17-34-27(32)19-8-12-20(13-9-19)28-25(30)16-24(26(28)31)35-22-6-4-3-5-7-22/h8-15,22,24H,2-7,16-17H2,1H3. The molecule has 2 amide bonds. The van der Waals surface area contributed by atoms with Crippen molar-refractivity contribution in [2.45, 2.75) is 55.9 Å². The van der Waals surface area contributed by atoms with Crippen LogP contribution in [0.25, 0.3) is 0 Å². The average Bonchev–Trinajstić information content (AvgIpc) is 3.16. The molecule has 1 saturated heterocycles. The number of thioether (sulfide) groups is 1. The lowest BCUT2D eigenvalue weighted by Crippen LogP contribution is -2.31. The fraction of sp³-hybridized carbons (Fsp3) is 0.407. The van der Waals surface area contributed by atoms with Crippen LogP contribution in [0.4, 0.5) is 5.69 Å². The molecule has 1 aliphatic carbocycles. The molecular formula is C27H29NO6S. The number of ketones is 1. The number of nitrogens with zero attached hydrogens (tertiary/aromatic N) is 1. The number of carbonyl (C=O) groups is 4. The molecule has 1 saturated carbocycles. The highest BCUT2D eigenvalue weighted by Gasteiger charge is 2.41. The third-order valence-electron chi connectivity index (χ3n) is 6.20. The van der Waals surface area contributed by atoms with Crippen LogP contribution in [0, 0.1) is 0 Å². The van der Waals surface area contributed by atoms with Gasteiger partial charge in [0.25, 0.3) is 0 Å². The van der Waals surface area contributed by atoms with E-state index in [2.05, 4.69) is 0 Å². The zero-order valence-electron chi connectivity index (χ0n) is 19.7. The summed E-state index contributed by atoms with van der Waals surface area (Å²) in [4.78, 5) is 51.5. The number of imide groups is 1. The second kappa shape index (κ2) is 11.5. The number of hydrogen-bond donors (Lipinski definition) is 0.